The summed E-state index contributed by atoms with van der Waals surface area (Å²) in [6, 6.07) is 9.36. The van der Waals surface area contributed by atoms with Crippen molar-refractivity contribution in [3.63, 3.8) is 0 Å². The van der Waals surface area contributed by atoms with Gasteiger partial charge in [0.15, 0.2) is 11.2 Å². The van der Waals surface area contributed by atoms with Crippen LogP contribution in [0.5, 0.6) is 0 Å². The minimum atomic E-state index is -0.347. The van der Waals surface area contributed by atoms with Crippen molar-refractivity contribution in [3.8, 4) is 0 Å². The third kappa shape index (κ3) is 3.75. The van der Waals surface area contributed by atoms with Crippen molar-refractivity contribution in [2.75, 3.05) is 19.6 Å². The molecule has 4 rings (SSSR count). The fourth-order valence-electron chi connectivity index (χ4n) is 3.94. The van der Waals surface area contributed by atoms with Crippen LogP contribution in [0.15, 0.2) is 44.9 Å². The maximum Gasteiger partial charge on any atom is 0.287 e. The van der Waals surface area contributed by atoms with Crippen LogP contribution >= 0.6 is 11.3 Å². The van der Waals surface area contributed by atoms with Crippen LogP contribution in [0.2, 0.25) is 0 Å². The molecule has 0 unspecified atom stereocenters. The van der Waals surface area contributed by atoms with E-state index in [0.717, 1.165) is 24.2 Å². The number of hydrogen-bond donors (Lipinski definition) is 1. The second kappa shape index (κ2) is 7.89. The van der Waals surface area contributed by atoms with Crippen molar-refractivity contribution < 1.29 is 9.21 Å². The third-order valence-electron chi connectivity index (χ3n) is 5.29. The largest absolute Gasteiger partial charge is 0.450 e. The smallest absolute Gasteiger partial charge is 0.287 e. The topological polar surface area (TPSA) is 62.6 Å². The van der Waals surface area contributed by atoms with Gasteiger partial charge in [0.25, 0.3) is 5.91 Å². The van der Waals surface area contributed by atoms with E-state index in [1.165, 1.54) is 23.8 Å². The summed E-state index contributed by atoms with van der Waals surface area (Å²) in [6.45, 7) is 6.41. The minimum Gasteiger partial charge on any atom is -0.450 e. The molecule has 3 heterocycles. The maximum atomic E-state index is 12.7. The van der Waals surface area contributed by atoms with Gasteiger partial charge in [0, 0.05) is 17.5 Å². The molecule has 5 nitrogen and oxygen atoms in total. The number of aryl methyl sites for hydroxylation is 2. The van der Waals surface area contributed by atoms with E-state index in [4.69, 9.17) is 4.42 Å². The summed E-state index contributed by atoms with van der Waals surface area (Å²) in [5, 5.41) is 5.56. The predicted octanol–water partition coefficient (Wildman–Crippen LogP) is 4.04. The van der Waals surface area contributed by atoms with Crippen LogP contribution in [0.4, 0.5) is 0 Å². The summed E-state index contributed by atoms with van der Waals surface area (Å²) < 4.78 is 5.82. The van der Waals surface area contributed by atoms with Gasteiger partial charge in [0.1, 0.15) is 5.58 Å². The predicted molar refractivity (Wildman–Crippen MR) is 112 cm³/mol. The number of likely N-dealkylation sites (tertiary alicyclic amines) is 1. The van der Waals surface area contributed by atoms with Gasteiger partial charge in [0.2, 0.25) is 0 Å². The zero-order valence-electron chi connectivity index (χ0n) is 16.2. The summed E-state index contributed by atoms with van der Waals surface area (Å²) in [6.07, 6.45) is 2.38. The first kappa shape index (κ1) is 18.9. The molecule has 1 amide bonds. The Morgan fingerprint density at radius 3 is 2.75 bits per heavy atom. The summed E-state index contributed by atoms with van der Waals surface area (Å²) in [5.41, 5.74) is 2.15. The van der Waals surface area contributed by atoms with Gasteiger partial charge in [-0.25, -0.2) is 0 Å². The zero-order valence-corrected chi connectivity index (χ0v) is 17.0. The molecule has 1 fully saturated rings. The number of rotatable bonds is 5. The molecule has 0 radical (unpaired) electrons. The number of amides is 1. The van der Waals surface area contributed by atoms with E-state index in [1.807, 2.05) is 26.0 Å². The molecule has 3 aromatic rings. The third-order valence-corrected chi connectivity index (χ3v) is 6.26. The van der Waals surface area contributed by atoms with Crippen molar-refractivity contribution in [3.05, 3.63) is 67.7 Å². The fraction of sp³-hybridized carbons (Fsp3) is 0.364. The van der Waals surface area contributed by atoms with Crippen molar-refractivity contribution in [1.29, 1.82) is 0 Å². The zero-order chi connectivity index (χ0) is 19.7. The van der Waals surface area contributed by atoms with Crippen LogP contribution in [0.3, 0.4) is 0 Å². The average molecular weight is 397 g/mol. The first-order valence-electron chi connectivity index (χ1n) is 9.63. The number of carbonyl (C=O) groups is 1. The maximum absolute atomic E-state index is 12.7. The molecule has 1 atom stereocenters. The van der Waals surface area contributed by atoms with Crippen LogP contribution in [-0.2, 0) is 0 Å². The van der Waals surface area contributed by atoms with Crippen molar-refractivity contribution >= 4 is 28.2 Å². The summed E-state index contributed by atoms with van der Waals surface area (Å²) in [7, 11) is 0. The van der Waals surface area contributed by atoms with E-state index in [1.54, 1.807) is 17.4 Å². The normalized spacial score (nSPS) is 15.8. The standard InChI is InChI=1S/C22H24N2O3S/c1-14-10-15(2)21-16(11-14)18(25)12-19(27-21)22(26)23-13-17(20-6-5-9-28-20)24-7-3-4-8-24/h5-6,9-12,17H,3-4,7-8,13H2,1-2H3,(H,23,26)/t17-/m1/s1. The fourth-order valence-corrected chi connectivity index (χ4v) is 4.80. The van der Waals surface area contributed by atoms with E-state index in [-0.39, 0.29) is 23.1 Å². The summed E-state index contributed by atoms with van der Waals surface area (Å²) in [4.78, 5) is 28.9. The van der Waals surface area contributed by atoms with Crippen LogP contribution in [-0.4, -0.2) is 30.4 Å². The summed E-state index contributed by atoms with van der Waals surface area (Å²) >= 11 is 1.71. The molecule has 6 heteroatoms. The van der Waals surface area contributed by atoms with E-state index in [0.29, 0.717) is 17.5 Å². The van der Waals surface area contributed by atoms with Crippen molar-refractivity contribution in [1.82, 2.24) is 10.2 Å². The molecular formula is C22H24N2O3S. The Balaban J connectivity index is 1.57. The number of hydrogen-bond acceptors (Lipinski definition) is 5. The number of thiophene rings is 1. The lowest BCUT2D eigenvalue weighted by atomic mass is 10.1. The van der Waals surface area contributed by atoms with Crippen LogP contribution in [0.1, 0.15) is 45.4 Å². The van der Waals surface area contributed by atoms with Gasteiger partial charge in [-0.15, -0.1) is 11.3 Å². The highest BCUT2D eigenvalue weighted by molar-refractivity contribution is 7.10. The molecule has 1 aliphatic heterocycles. The van der Waals surface area contributed by atoms with E-state index < -0.39 is 0 Å². The lowest BCUT2D eigenvalue weighted by Crippen LogP contribution is -2.36. The molecule has 0 bridgehead atoms. The van der Waals surface area contributed by atoms with Gasteiger partial charge >= 0.3 is 0 Å². The highest BCUT2D eigenvalue weighted by Gasteiger charge is 2.25. The molecule has 2 aromatic heterocycles. The second-order valence-corrected chi connectivity index (χ2v) is 8.40. The monoisotopic (exact) mass is 396 g/mol. The van der Waals surface area contributed by atoms with E-state index in [9.17, 15) is 9.59 Å². The summed E-state index contributed by atoms with van der Waals surface area (Å²) in [5.74, 6) is -0.282. The van der Waals surface area contributed by atoms with Crippen molar-refractivity contribution in [2.45, 2.75) is 32.7 Å². The molecule has 1 N–H and O–H groups in total. The number of carbonyl (C=O) groups excluding carboxylic acids is 1. The lowest BCUT2D eigenvalue weighted by Gasteiger charge is -2.26. The molecule has 146 valence electrons. The molecular weight excluding hydrogens is 372 g/mol. The van der Waals surface area contributed by atoms with Gasteiger partial charge in [-0.1, -0.05) is 12.1 Å². The molecule has 28 heavy (non-hydrogen) atoms. The molecule has 1 aliphatic rings. The Hall–Kier alpha value is -2.44. The highest BCUT2D eigenvalue weighted by Crippen LogP contribution is 2.28. The van der Waals surface area contributed by atoms with Crippen molar-refractivity contribution in [2.24, 2.45) is 0 Å². The molecule has 1 saturated heterocycles. The first-order chi connectivity index (χ1) is 13.5. The van der Waals surface area contributed by atoms with Gasteiger partial charge in [0.05, 0.1) is 11.4 Å². The highest BCUT2D eigenvalue weighted by atomic mass is 32.1. The average Bonchev–Trinajstić information content (AvgIpc) is 3.37. The number of nitrogens with zero attached hydrogens (tertiary/aromatic N) is 1. The number of fused-ring (bicyclic) bond motifs is 1. The Labute approximate surface area is 168 Å². The minimum absolute atomic E-state index is 0.0656. The SMILES string of the molecule is Cc1cc(C)c2oc(C(=O)NC[C@H](c3cccs3)N3CCCC3)cc(=O)c2c1. The molecule has 0 spiro atoms. The second-order valence-electron chi connectivity index (χ2n) is 7.42. The van der Waals surface area contributed by atoms with Gasteiger partial charge in [-0.05, 0) is 68.4 Å². The van der Waals surface area contributed by atoms with Gasteiger partial charge in [-0.2, -0.15) is 0 Å². The van der Waals surface area contributed by atoms with E-state index >= 15 is 0 Å². The molecule has 0 aliphatic carbocycles. The number of benzene rings is 1. The Morgan fingerprint density at radius 1 is 1.25 bits per heavy atom. The number of nitrogens with one attached hydrogen (secondary N) is 1. The Kier molecular flexibility index (Phi) is 5.33. The van der Waals surface area contributed by atoms with Crippen LogP contribution < -0.4 is 10.7 Å². The van der Waals surface area contributed by atoms with Gasteiger partial charge < -0.3 is 9.73 Å². The first-order valence-corrected chi connectivity index (χ1v) is 10.5. The van der Waals surface area contributed by atoms with Gasteiger partial charge in [-0.3, -0.25) is 14.5 Å². The quantitative estimate of drug-likeness (QED) is 0.707. The van der Waals surface area contributed by atoms with Crippen LogP contribution in [0.25, 0.3) is 11.0 Å². The van der Waals surface area contributed by atoms with Crippen LogP contribution in [0, 0.1) is 13.8 Å². The Bertz CT molecular complexity index is 1050. The molecule has 0 saturated carbocycles. The van der Waals surface area contributed by atoms with E-state index in [2.05, 4.69) is 21.7 Å². The molecule has 1 aromatic carbocycles. The lowest BCUT2D eigenvalue weighted by molar-refractivity contribution is 0.0911. The Morgan fingerprint density at radius 2 is 2.04 bits per heavy atom.